The lowest BCUT2D eigenvalue weighted by molar-refractivity contribution is 0.0965. The van der Waals surface area contributed by atoms with Gasteiger partial charge >= 0.3 is 6.03 Å². The predicted octanol–water partition coefficient (Wildman–Crippen LogP) is 4.28. The summed E-state index contributed by atoms with van der Waals surface area (Å²) in [6.07, 6.45) is 0. The molecule has 102 valence electrons. The lowest BCUT2D eigenvalue weighted by Gasteiger charge is -2.08. The summed E-state index contributed by atoms with van der Waals surface area (Å²) in [6.45, 7) is 0. The first-order chi connectivity index (χ1) is 8.82. The average Bonchev–Trinajstić information content (AvgIpc) is 2.27. The second kappa shape index (κ2) is 7.22. The van der Waals surface area contributed by atoms with Crippen LogP contribution in [-0.4, -0.2) is 11.9 Å². The molecule has 9 heteroatoms. The number of benzene rings is 1. The van der Waals surface area contributed by atoms with E-state index in [1.54, 1.807) is 6.07 Å². The van der Waals surface area contributed by atoms with Crippen LogP contribution in [0.5, 0.6) is 0 Å². The number of hydrogen-bond donors (Lipinski definition) is 2. The minimum Gasteiger partial charge on any atom is -0.296 e. The largest absolute Gasteiger partial charge is 0.326 e. The van der Waals surface area contributed by atoms with Crippen molar-refractivity contribution >= 4 is 69.9 Å². The summed E-state index contributed by atoms with van der Waals surface area (Å²) in [6, 6.07) is 3.56. The van der Waals surface area contributed by atoms with Gasteiger partial charge in [0.1, 0.15) is 9.65 Å². The third-order valence-electron chi connectivity index (χ3n) is 1.81. The summed E-state index contributed by atoms with van der Waals surface area (Å²) in [4.78, 5) is 23.2. The van der Waals surface area contributed by atoms with E-state index in [2.05, 4.69) is 0 Å². The third-order valence-corrected chi connectivity index (χ3v) is 3.29. The van der Waals surface area contributed by atoms with E-state index in [9.17, 15) is 9.59 Å². The molecule has 0 saturated heterocycles. The molecule has 0 radical (unpaired) electrons. The van der Waals surface area contributed by atoms with Crippen molar-refractivity contribution in [2.75, 3.05) is 0 Å². The monoisotopic (exact) mass is 360 g/mol. The first kappa shape index (κ1) is 16.4. The molecular weight excluding hydrogens is 357 g/mol. The van der Waals surface area contributed by atoms with E-state index >= 15 is 0 Å². The van der Waals surface area contributed by atoms with E-state index < -0.39 is 11.9 Å². The van der Waals surface area contributed by atoms with Gasteiger partial charge in [-0.25, -0.2) is 4.79 Å². The van der Waals surface area contributed by atoms with Gasteiger partial charge in [0.2, 0.25) is 0 Å². The number of imide groups is 1. The number of nitrogens with one attached hydrogen (secondary N) is 2. The van der Waals surface area contributed by atoms with Crippen LogP contribution in [0.4, 0.5) is 4.79 Å². The number of carbonyl (C=O) groups excluding carboxylic acids is 2. The lowest BCUT2D eigenvalue weighted by atomic mass is 10.2. The maximum absolute atomic E-state index is 11.8. The van der Waals surface area contributed by atoms with Crippen molar-refractivity contribution in [1.29, 1.82) is 0 Å². The second-order valence-corrected chi connectivity index (χ2v) is 5.22. The molecule has 1 aromatic rings. The fourth-order valence-electron chi connectivity index (χ4n) is 1.06. The van der Waals surface area contributed by atoms with Gasteiger partial charge in [0.15, 0.2) is 0 Å². The molecule has 0 spiro atoms. The standard InChI is InChI=1S/C10H5Cl5N2O2/c11-4-2-1-3-5(12)6(4)9(18)17-10(19)16-8(15)7(13)14/h1-3H,(H2,16,17,18,19). The highest BCUT2D eigenvalue weighted by atomic mass is 35.5. The number of carbonyl (C=O) groups is 2. The summed E-state index contributed by atoms with van der Waals surface area (Å²) < 4.78 is -0.347. The van der Waals surface area contributed by atoms with Crippen molar-refractivity contribution < 1.29 is 9.59 Å². The fraction of sp³-hybridized carbons (Fsp3) is 0. The highest BCUT2D eigenvalue weighted by Gasteiger charge is 2.17. The Labute approximate surface area is 133 Å². The molecule has 0 aliphatic rings. The van der Waals surface area contributed by atoms with Crippen LogP contribution in [0.2, 0.25) is 10.0 Å². The van der Waals surface area contributed by atoms with Crippen LogP contribution >= 0.6 is 58.0 Å². The van der Waals surface area contributed by atoms with Crippen LogP contribution in [0.3, 0.4) is 0 Å². The number of urea groups is 1. The van der Waals surface area contributed by atoms with Crippen molar-refractivity contribution in [2.24, 2.45) is 0 Å². The molecule has 0 heterocycles. The molecule has 19 heavy (non-hydrogen) atoms. The predicted molar refractivity (Wildman–Crippen MR) is 77.0 cm³/mol. The van der Waals surface area contributed by atoms with E-state index in [1.807, 2.05) is 10.6 Å². The van der Waals surface area contributed by atoms with Crippen molar-refractivity contribution in [3.63, 3.8) is 0 Å². The Morgan fingerprint density at radius 3 is 1.95 bits per heavy atom. The van der Waals surface area contributed by atoms with Crippen molar-refractivity contribution in [1.82, 2.24) is 10.6 Å². The Bertz CT molecular complexity index is 535. The minimum atomic E-state index is -0.926. The molecule has 0 aliphatic heterocycles. The number of rotatable bonds is 2. The van der Waals surface area contributed by atoms with Gasteiger partial charge in [-0.2, -0.15) is 0 Å². The third kappa shape index (κ3) is 4.75. The Hall–Kier alpha value is -0.650. The van der Waals surface area contributed by atoms with Gasteiger partial charge in [0, 0.05) is 0 Å². The molecule has 4 nitrogen and oxygen atoms in total. The van der Waals surface area contributed by atoms with Gasteiger partial charge in [0.05, 0.1) is 15.6 Å². The van der Waals surface area contributed by atoms with Crippen LogP contribution < -0.4 is 10.6 Å². The summed E-state index contributed by atoms with van der Waals surface area (Å²) in [5.41, 5.74) is -0.0296. The number of amides is 3. The lowest BCUT2D eigenvalue weighted by Crippen LogP contribution is -2.38. The second-order valence-electron chi connectivity index (χ2n) is 3.08. The number of halogens is 5. The zero-order valence-corrected chi connectivity index (χ0v) is 12.7. The summed E-state index contributed by atoms with van der Waals surface area (Å²) in [5.74, 6) is -0.789. The van der Waals surface area contributed by atoms with Gasteiger partial charge in [-0.1, -0.05) is 64.1 Å². The van der Waals surface area contributed by atoms with Crippen LogP contribution in [0.25, 0.3) is 0 Å². The van der Waals surface area contributed by atoms with Gasteiger partial charge in [-0.15, -0.1) is 0 Å². The van der Waals surface area contributed by atoms with E-state index in [1.165, 1.54) is 12.1 Å². The van der Waals surface area contributed by atoms with E-state index in [-0.39, 0.29) is 25.3 Å². The summed E-state index contributed by atoms with van der Waals surface area (Å²) in [5, 5.41) is 3.91. The van der Waals surface area contributed by atoms with Crippen LogP contribution in [0.1, 0.15) is 10.4 Å². The van der Waals surface area contributed by atoms with Crippen LogP contribution in [0.15, 0.2) is 27.8 Å². The highest BCUT2D eigenvalue weighted by molar-refractivity contribution is 6.59. The molecule has 3 amide bonds. The quantitative estimate of drug-likeness (QED) is 0.772. The Kier molecular flexibility index (Phi) is 6.23. The highest BCUT2D eigenvalue weighted by Crippen LogP contribution is 2.23. The van der Waals surface area contributed by atoms with Crippen molar-refractivity contribution in [2.45, 2.75) is 0 Å². The molecule has 0 atom stereocenters. The first-order valence-corrected chi connectivity index (χ1v) is 6.49. The SMILES string of the molecule is O=C(NC(=O)c1c(Cl)cccc1Cl)NC(Cl)=C(Cl)Cl. The molecule has 0 saturated carbocycles. The zero-order valence-electron chi connectivity index (χ0n) is 8.94. The molecule has 1 aromatic carbocycles. The minimum absolute atomic E-state index is 0.0296. The molecule has 0 bridgehead atoms. The maximum Gasteiger partial charge on any atom is 0.326 e. The van der Waals surface area contributed by atoms with Gasteiger partial charge < -0.3 is 0 Å². The van der Waals surface area contributed by atoms with Crippen molar-refractivity contribution in [3.8, 4) is 0 Å². The Morgan fingerprint density at radius 1 is 0.947 bits per heavy atom. The number of hydrogen-bond acceptors (Lipinski definition) is 2. The molecule has 0 aliphatic carbocycles. The average molecular weight is 362 g/mol. The molecule has 1 rings (SSSR count). The van der Waals surface area contributed by atoms with Gasteiger partial charge in [0.25, 0.3) is 5.91 Å². The molecule has 0 unspecified atom stereocenters. The van der Waals surface area contributed by atoms with Crippen LogP contribution in [-0.2, 0) is 0 Å². The van der Waals surface area contributed by atoms with Gasteiger partial charge in [-0.05, 0) is 12.1 Å². The topological polar surface area (TPSA) is 58.2 Å². The van der Waals surface area contributed by atoms with Crippen molar-refractivity contribution in [3.05, 3.63) is 43.5 Å². The first-order valence-electron chi connectivity index (χ1n) is 4.60. The summed E-state index contributed by atoms with van der Waals surface area (Å²) in [7, 11) is 0. The molecular formula is C10H5Cl5N2O2. The van der Waals surface area contributed by atoms with E-state index in [0.717, 1.165) is 0 Å². The normalized spacial score (nSPS) is 9.74. The molecule has 0 aromatic heterocycles. The Morgan fingerprint density at radius 2 is 1.47 bits per heavy atom. The Balaban J connectivity index is 2.81. The van der Waals surface area contributed by atoms with Gasteiger partial charge in [-0.3, -0.25) is 15.4 Å². The summed E-state index contributed by atoms with van der Waals surface area (Å²) >= 11 is 27.7. The zero-order chi connectivity index (χ0) is 14.6. The van der Waals surface area contributed by atoms with Crippen LogP contribution in [0, 0.1) is 0 Å². The maximum atomic E-state index is 11.8. The smallest absolute Gasteiger partial charge is 0.296 e. The fourth-order valence-corrected chi connectivity index (χ4v) is 1.81. The van der Waals surface area contributed by atoms with E-state index in [4.69, 9.17) is 58.0 Å². The molecule has 2 N–H and O–H groups in total. The van der Waals surface area contributed by atoms with E-state index in [0.29, 0.717) is 0 Å². The molecule has 0 fully saturated rings.